The number of hydrogen-bond acceptors (Lipinski definition) is 2. The summed E-state index contributed by atoms with van der Waals surface area (Å²) in [5.41, 5.74) is 3.14. The van der Waals surface area contributed by atoms with E-state index in [1.165, 1.54) is 5.56 Å². The molecule has 3 nitrogen and oxygen atoms in total. The molecular weight excluding hydrogens is 164 g/mol. The van der Waals surface area contributed by atoms with Gasteiger partial charge in [-0.3, -0.25) is 0 Å². The molecule has 0 spiro atoms. The van der Waals surface area contributed by atoms with Gasteiger partial charge in [0.1, 0.15) is 6.29 Å². The summed E-state index contributed by atoms with van der Waals surface area (Å²) >= 11 is 0. The van der Waals surface area contributed by atoms with Crippen LogP contribution >= 0.6 is 0 Å². The highest BCUT2D eigenvalue weighted by atomic mass is 16.1. The number of aldehydes is 1. The van der Waals surface area contributed by atoms with E-state index in [2.05, 4.69) is 4.98 Å². The normalized spacial score (nSPS) is 10.5. The molecule has 3 heteroatoms. The summed E-state index contributed by atoms with van der Waals surface area (Å²) in [4.78, 5) is 14.5. The van der Waals surface area contributed by atoms with Gasteiger partial charge in [0.2, 0.25) is 0 Å². The Hall–Kier alpha value is -1.64. The Balaban J connectivity index is 2.61. The summed E-state index contributed by atoms with van der Waals surface area (Å²) in [7, 11) is 0. The molecule has 0 radical (unpaired) electrons. The van der Waals surface area contributed by atoms with Crippen LogP contribution in [-0.2, 0) is 11.3 Å². The van der Waals surface area contributed by atoms with E-state index in [0.29, 0.717) is 6.54 Å². The maximum atomic E-state index is 10.3. The highest BCUT2D eigenvalue weighted by Gasteiger charge is 2.00. The summed E-state index contributed by atoms with van der Waals surface area (Å²) in [5, 5.41) is 0. The first-order valence-corrected chi connectivity index (χ1v) is 4.16. The van der Waals surface area contributed by atoms with Crippen molar-refractivity contribution in [1.82, 2.24) is 9.55 Å². The molecule has 0 aliphatic heterocycles. The molecule has 0 amide bonds. The second kappa shape index (κ2) is 3.01. The van der Waals surface area contributed by atoms with Gasteiger partial charge >= 0.3 is 0 Å². The quantitative estimate of drug-likeness (QED) is 0.647. The average Bonchev–Trinajstić information content (AvgIpc) is 2.49. The van der Waals surface area contributed by atoms with Gasteiger partial charge < -0.3 is 9.36 Å². The SMILES string of the molecule is Cc1ccc2c(c1)ncn2CC=O. The third kappa shape index (κ3) is 1.33. The smallest absolute Gasteiger partial charge is 0.139 e. The average molecular weight is 174 g/mol. The first kappa shape index (κ1) is 7.98. The van der Waals surface area contributed by atoms with E-state index in [-0.39, 0.29) is 0 Å². The predicted molar refractivity (Wildman–Crippen MR) is 50.5 cm³/mol. The molecule has 2 rings (SSSR count). The van der Waals surface area contributed by atoms with Crippen LogP contribution in [0, 0.1) is 6.92 Å². The molecule has 0 saturated carbocycles. The largest absolute Gasteiger partial charge is 0.323 e. The van der Waals surface area contributed by atoms with Crippen molar-refractivity contribution >= 4 is 17.3 Å². The second-order valence-electron chi connectivity index (χ2n) is 3.06. The Bertz CT molecular complexity index is 445. The lowest BCUT2D eigenvalue weighted by Crippen LogP contribution is -1.95. The zero-order valence-electron chi connectivity index (χ0n) is 7.40. The van der Waals surface area contributed by atoms with Gasteiger partial charge in [-0.1, -0.05) is 6.07 Å². The summed E-state index contributed by atoms with van der Waals surface area (Å²) < 4.78 is 1.84. The molecule has 0 fully saturated rings. The molecule has 0 N–H and O–H groups in total. The number of rotatable bonds is 2. The van der Waals surface area contributed by atoms with Crippen molar-refractivity contribution in [3.8, 4) is 0 Å². The monoisotopic (exact) mass is 174 g/mol. The van der Waals surface area contributed by atoms with E-state index in [1.54, 1.807) is 6.33 Å². The van der Waals surface area contributed by atoms with Crippen LogP contribution < -0.4 is 0 Å². The van der Waals surface area contributed by atoms with Crippen LogP contribution in [0.1, 0.15) is 5.56 Å². The molecule has 0 atom stereocenters. The molecule has 1 aromatic heterocycles. The molecule has 0 aliphatic rings. The minimum Gasteiger partial charge on any atom is -0.323 e. The number of aryl methyl sites for hydroxylation is 1. The van der Waals surface area contributed by atoms with Crippen LogP contribution in [0.3, 0.4) is 0 Å². The first-order chi connectivity index (χ1) is 6.31. The Kier molecular flexibility index (Phi) is 1.85. The van der Waals surface area contributed by atoms with E-state index < -0.39 is 0 Å². The Morgan fingerprint density at radius 3 is 3.15 bits per heavy atom. The Morgan fingerprint density at radius 2 is 2.38 bits per heavy atom. The number of aromatic nitrogens is 2. The molecular formula is C10H10N2O. The molecule has 1 heterocycles. The number of fused-ring (bicyclic) bond motifs is 1. The summed E-state index contributed by atoms with van der Waals surface area (Å²) in [6, 6.07) is 6.02. The van der Waals surface area contributed by atoms with Crippen molar-refractivity contribution in [1.29, 1.82) is 0 Å². The van der Waals surface area contributed by atoms with Gasteiger partial charge in [-0.15, -0.1) is 0 Å². The Labute approximate surface area is 76.0 Å². The van der Waals surface area contributed by atoms with E-state index in [1.807, 2.05) is 29.7 Å². The summed E-state index contributed by atoms with van der Waals surface area (Å²) in [6.07, 6.45) is 2.57. The van der Waals surface area contributed by atoms with Crippen molar-refractivity contribution in [3.63, 3.8) is 0 Å². The van der Waals surface area contributed by atoms with Crippen molar-refractivity contribution < 1.29 is 4.79 Å². The number of carbonyl (C=O) groups excluding carboxylic acids is 1. The van der Waals surface area contributed by atoms with E-state index >= 15 is 0 Å². The fraction of sp³-hybridized carbons (Fsp3) is 0.200. The van der Waals surface area contributed by atoms with Crippen LogP contribution in [0.25, 0.3) is 11.0 Å². The van der Waals surface area contributed by atoms with E-state index in [4.69, 9.17) is 0 Å². The Morgan fingerprint density at radius 1 is 1.54 bits per heavy atom. The molecule has 66 valence electrons. The maximum absolute atomic E-state index is 10.3. The molecule has 2 aromatic rings. The van der Waals surface area contributed by atoms with Crippen LogP contribution in [0.15, 0.2) is 24.5 Å². The van der Waals surface area contributed by atoms with Gasteiger partial charge in [0.25, 0.3) is 0 Å². The third-order valence-corrected chi connectivity index (χ3v) is 2.05. The lowest BCUT2D eigenvalue weighted by Gasteiger charge is -1.97. The van der Waals surface area contributed by atoms with Crippen LogP contribution in [0.5, 0.6) is 0 Å². The topological polar surface area (TPSA) is 34.9 Å². The molecule has 13 heavy (non-hydrogen) atoms. The summed E-state index contributed by atoms with van der Waals surface area (Å²) in [5.74, 6) is 0. The zero-order chi connectivity index (χ0) is 9.26. The number of benzene rings is 1. The highest BCUT2D eigenvalue weighted by Crippen LogP contribution is 2.13. The number of nitrogens with zero attached hydrogens (tertiary/aromatic N) is 2. The van der Waals surface area contributed by atoms with Gasteiger partial charge in [0.05, 0.1) is 23.9 Å². The molecule has 0 saturated heterocycles. The van der Waals surface area contributed by atoms with Gasteiger partial charge in [-0.05, 0) is 24.6 Å². The van der Waals surface area contributed by atoms with Crippen molar-refractivity contribution in [2.24, 2.45) is 0 Å². The van der Waals surface area contributed by atoms with Crippen LogP contribution in [-0.4, -0.2) is 15.8 Å². The summed E-state index contributed by atoms with van der Waals surface area (Å²) in [6.45, 7) is 2.40. The minimum atomic E-state index is 0.375. The fourth-order valence-electron chi connectivity index (χ4n) is 1.40. The highest BCUT2D eigenvalue weighted by molar-refractivity contribution is 5.76. The number of hydrogen-bond donors (Lipinski definition) is 0. The maximum Gasteiger partial charge on any atom is 0.139 e. The zero-order valence-corrected chi connectivity index (χ0v) is 7.40. The van der Waals surface area contributed by atoms with Gasteiger partial charge in [0.15, 0.2) is 0 Å². The lowest BCUT2D eigenvalue weighted by molar-refractivity contribution is -0.108. The van der Waals surface area contributed by atoms with Gasteiger partial charge in [-0.25, -0.2) is 4.98 Å². The molecule has 0 unspecified atom stereocenters. The van der Waals surface area contributed by atoms with E-state index in [0.717, 1.165) is 17.3 Å². The first-order valence-electron chi connectivity index (χ1n) is 4.16. The van der Waals surface area contributed by atoms with Gasteiger partial charge in [0, 0.05) is 0 Å². The fourth-order valence-corrected chi connectivity index (χ4v) is 1.40. The minimum absolute atomic E-state index is 0.375. The van der Waals surface area contributed by atoms with Crippen LogP contribution in [0.2, 0.25) is 0 Å². The predicted octanol–water partition coefficient (Wildman–Crippen LogP) is 1.54. The van der Waals surface area contributed by atoms with Crippen molar-refractivity contribution in [3.05, 3.63) is 30.1 Å². The second-order valence-corrected chi connectivity index (χ2v) is 3.06. The molecule has 0 bridgehead atoms. The standard InChI is InChI=1S/C10H10N2O/c1-8-2-3-10-9(6-8)11-7-12(10)4-5-13/h2-3,5-7H,4H2,1H3. The van der Waals surface area contributed by atoms with Crippen LogP contribution in [0.4, 0.5) is 0 Å². The van der Waals surface area contributed by atoms with Crippen molar-refractivity contribution in [2.75, 3.05) is 0 Å². The lowest BCUT2D eigenvalue weighted by atomic mass is 10.2. The molecule has 1 aromatic carbocycles. The van der Waals surface area contributed by atoms with Gasteiger partial charge in [-0.2, -0.15) is 0 Å². The number of imidazole rings is 1. The number of carbonyl (C=O) groups is 1. The third-order valence-electron chi connectivity index (χ3n) is 2.05. The van der Waals surface area contributed by atoms with E-state index in [9.17, 15) is 4.79 Å². The van der Waals surface area contributed by atoms with Crippen molar-refractivity contribution in [2.45, 2.75) is 13.5 Å². The molecule has 0 aliphatic carbocycles.